The second kappa shape index (κ2) is 14.8. The monoisotopic (exact) mass is 297 g/mol. The van der Waals surface area contributed by atoms with Crippen molar-refractivity contribution in [2.45, 2.75) is 52.4 Å². The lowest BCUT2D eigenvalue weighted by molar-refractivity contribution is -0.132. The van der Waals surface area contributed by atoms with Crippen molar-refractivity contribution >= 4 is 34.4 Å². The molecule has 0 aliphatic heterocycles. The molecule has 0 atom stereocenters. The summed E-state index contributed by atoms with van der Waals surface area (Å²) in [4.78, 5) is 22.9. The Bertz CT molecular complexity index is 219. The lowest BCUT2D eigenvalue weighted by Gasteiger charge is -2.13. The van der Waals surface area contributed by atoms with Crippen LogP contribution < -0.4 is 0 Å². The molecule has 0 unspecified atom stereocenters. The number of carbonyl (C=O) groups is 2. The van der Waals surface area contributed by atoms with Crippen LogP contribution >= 0.6 is 23.2 Å². The molecule has 0 heterocycles. The first kappa shape index (κ1) is 20.0. The summed E-state index contributed by atoms with van der Waals surface area (Å²) in [5.74, 6) is 0.805. The largest absolute Gasteiger partial charge is 0.337 e. The van der Waals surface area contributed by atoms with Crippen LogP contribution in [0.15, 0.2) is 0 Å². The number of amides is 1. The SMILES string of the molecule is CCCCC(=O)N(C)CC(=O)Cl.CCCCCCl. The topological polar surface area (TPSA) is 37.4 Å². The first-order chi connectivity index (χ1) is 8.49. The summed E-state index contributed by atoms with van der Waals surface area (Å²) >= 11 is 10.5. The minimum atomic E-state index is -0.498. The van der Waals surface area contributed by atoms with Crippen molar-refractivity contribution in [1.29, 1.82) is 0 Å². The first-order valence-electron chi connectivity index (χ1n) is 6.47. The molecule has 0 aliphatic carbocycles. The number of hydrogen-bond donors (Lipinski definition) is 0. The number of alkyl halides is 1. The van der Waals surface area contributed by atoms with Gasteiger partial charge in [-0.3, -0.25) is 9.59 Å². The first-order valence-corrected chi connectivity index (χ1v) is 7.39. The number of unbranched alkanes of at least 4 members (excludes halogenated alkanes) is 3. The van der Waals surface area contributed by atoms with E-state index in [1.165, 1.54) is 24.2 Å². The fourth-order valence-corrected chi connectivity index (χ4v) is 1.51. The highest BCUT2D eigenvalue weighted by atomic mass is 35.5. The third-order valence-corrected chi connectivity index (χ3v) is 2.66. The van der Waals surface area contributed by atoms with Gasteiger partial charge in [0.2, 0.25) is 11.1 Å². The Morgan fingerprint density at radius 1 is 1.06 bits per heavy atom. The molecule has 0 N–H and O–H groups in total. The van der Waals surface area contributed by atoms with Gasteiger partial charge in [-0.1, -0.05) is 33.1 Å². The maximum atomic E-state index is 11.2. The Kier molecular flexibility index (Phi) is 16.5. The number of rotatable bonds is 8. The molecule has 0 spiro atoms. The highest BCUT2D eigenvalue weighted by Crippen LogP contribution is 1.99. The summed E-state index contributed by atoms with van der Waals surface area (Å²) in [7, 11) is 1.58. The predicted molar refractivity (Wildman–Crippen MR) is 78.3 cm³/mol. The summed E-state index contributed by atoms with van der Waals surface area (Å²) < 4.78 is 0. The number of nitrogens with zero attached hydrogens (tertiary/aromatic N) is 1. The van der Waals surface area contributed by atoms with Crippen LogP contribution in [0.25, 0.3) is 0 Å². The van der Waals surface area contributed by atoms with Gasteiger partial charge in [0.15, 0.2) is 0 Å². The van der Waals surface area contributed by atoms with E-state index in [0.717, 1.165) is 18.7 Å². The smallest absolute Gasteiger partial charge is 0.241 e. The van der Waals surface area contributed by atoms with Crippen molar-refractivity contribution in [3.63, 3.8) is 0 Å². The Balaban J connectivity index is 0. The van der Waals surface area contributed by atoms with E-state index in [-0.39, 0.29) is 12.5 Å². The molecular formula is C13H25Cl2NO2. The lowest BCUT2D eigenvalue weighted by Crippen LogP contribution is -2.30. The van der Waals surface area contributed by atoms with E-state index in [4.69, 9.17) is 23.2 Å². The van der Waals surface area contributed by atoms with E-state index in [1.54, 1.807) is 7.05 Å². The van der Waals surface area contributed by atoms with Crippen LogP contribution in [0.4, 0.5) is 0 Å². The van der Waals surface area contributed by atoms with Gasteiger partial charge in [0.25, 0.3) is 0 Å². The quantitative estimate of drug-likeness (QED) is 0.388. The van der Waals surface area contributed by atoms with Gasteiger partial charge >= 0.3 is 0 Å². The molecular weight excluding hydrogens is 273 g/mol. The number of carbonyl (C=O) groups excluding carboxylic acids is 2. The average Bonchev–Trinajstić information content (AvgIpc) is 2.33. The van der Waals surface area contributed by atoms with Gasteiger partial charge in [-0.15, -0.1) is 11.6 Å². The van der Waals surface area contributed by atoms with E-state index in [0.29, 0.717) is 6.42 Å². The fraction of sp³-hybridized carbons (Fsp3) is 0.846. The molecule has 0 saturated heterocycles. The minimum Gasteiger partial charge on any atom is -0.337 e. The zero-order chi connectivity index (χ0) is 14.4. The molecule has 0 radical (unpaired) electrons. The van der Waals surface area contributed by atoms with Crippen molar-refractivity contribution in [3.05, 3.63) is 0 Å². The summed E-state index contributed by atoms with van der Waals surface area (Å²) in [6.45, 7) is 4.19. The molecule has 0 aromatic heterocycles. The van der Waals surface area contributed by atoms with Crippen LogP contribution in [0.5, 0.6) is 0 Å². The Morgan fingerprint density at radius 3 is 1.94 bits per heavy atom. The minimum absolute atomic E-state index is 0.00407. The van der Waals surface area contributed by atoms with Gasteiger partial charge in [-0.2, -0.15) is 0 Å². The molecule has 5 heteroatoms. The molecule has 0 aromatic carbocycles. The number of hydrogen-bond acceptors (Lipinski definition) is 2. The van der Waals surface area contributed by atoms with Gasteiger partial charge in [-0.25, -0.2) is 0 Å². The highest BCUT2D eigenvalue weighted by Gasteiger charge is 2.09. The van der Waals surface area contributed by atoms with Crippen molar-refractivity contribution in [1.82, 2.24) is 4.90 Å². The summed E-state index contributed by atoms with van der Waals surface area (Å²) in [6.07, 6.45) is 6.07. The fourth-order valence-electron chi connectivity index (χ4n) is 1.14. The lowest BCUT2D eigenvalue weighted by atomic mass is 10.2. The second-order valence-electron chi connectivity index (χ2n) is 4.10. The van der Waals surface area contributed by atoms with E-state index >= 15 is 0 Å². The molecule has 3 nitrogen and oxygen atoms in total. The van der Waals surface area contributed by atoms with Crippen molar-refractivity contribution in [3.8, 4) is 0 Å². The zero-order valence-corrected chi connectivity index (χ0v) is 13.2. The van der Waals surface area contributed by atoms with E-state index in [9.17, 15) is 9.59 Å². The van der Waals surface area contributed by atoms with Crippen LogP contribution in [0.2, 0.25) is 0 Å². The van der Waals surface area contributed by atoms with Crippen LogP contribution in [0.3, 0.4) is 0 Å². The Hall–Kier alpha value is -0.280. The number of likely N-dealkylation sites (N-methyl/N-ethyl adjacent to an activating group) is 1. The normalized spacial score (nSPS) is 9.39. The molecule has 0 saturated carbocycles. The van der Waals surface area contributed by atoms with Crippen LogP contribution in [0, 0.1) is 0 Å². The van der Waals surface area contributed by atoms with Gasteiger partial charge in [0, 0.05) is 19.3 Å². The van der Waals surface area contributed by atoms with E-state index in [1.807, 2.05) is 6.92 Å². The summed E-state index contributed by atoms with van der Waals surface area (Å²) in [5.41, 5.74) is 0. The van der Waals surface area contributed by atoms with Gasteiger partial charge in [0.05, 0.1) is 6.54 Å². The van der Waals surface area contributed by atoms with Crippen LogP contribution in [-0.2, 0) is 9.59 Å². The molecule has 0 fully saturated rings. The van der Waals surface area contributed by atoms with Gasteiger partial charge in [-0.05, 0) is 24.4 Å². The van der Waals surface area contributed by atoms with Crippen molar-refractivity contribution < 1.29 is 9.59 Å². The van der Waals surface area contributed by atoms with Gasteiger partial charge in [0.1, 0.15) is 0 Å². The Morgan fingerprint density at radius 2 is 1.61 bits per heavy atom. The van der Waals surface area contributed by atoms with E-state index in [2.05, 4.69) is 6.92 Å². The highest BCUT2D eigenvalue weighted by molar-refractivity contribution is 6.64. The molecule has 18 heavy (non-hydrogen) atoms. The molecule has 0 aliphatic rings. The van der Waals surface area contributed by atoms with Crippen LogP contribution in [-0.4, -0.2) is 35.5 Å². The standard InChI is InChI=1S/C8H14ClNO2.C5H11Cl/c1-3-4-5-8(12)10(2)6-7(9)11;1-2-3-4-5-6/h3-6H2,1-2H3;2-5H2,1H3. The number of halogens is 2. The molecule has 0 aromatic rings. The van der Waals surface area contributed by atoms with Crippen LogP contribution in [0.1, 0.15) is 52.4 Å². The molecule has 108 valence electrons. The second-order valence-corrected chi connectivity index (χ2v) is 4.90. The Labute approximate surface area is 121 Å². The maximum absolute atomic E-state index is 11.2. The maximum Gasteiger partial charge on any atom is 0.241 e. The summed E-state index contributed by atoms with van der Waals surface area (Å²) in [6, 6.07) is 0. The molecule has 0 bridgehead atoms. The van der Waals surface area contributed by atoms with Gasteiger partial charge < -0.3 is 4.90 Å². The average molecular weight is 298 g/mol. The summed E-state index contributed by atoms with van der Waals surface area (Å²) in [5, 5.41) is -0.498. The third kappa shape index (κ3) is 15.7. The molecule has 0 rings (SSSR count). The predicted octanol–water partition coefficient (Wildman–Crippen LogP) is 3.82. The third-order valence-electron chi connectivity index (χ3n) is 2.27. The van der Waals surface area contributed by atoms with Crippen molar-refractivity contribution in [2.24, 2.45) is 0 Å². The molecule has 1 amide bonds. The zero-order valence-electron chi connectivity index (χ0n) is 11.7. The van der Waals surface area contributed by atoms with Crippen molar-refractivity contribution in [2.75, 3.05) is 19.5 Å². The van der Waals surface area contributed by atoms with E-state index < -0.39 is 5.24 Å².